The van der Waals surface area contributed by atoms with Gasteiger partial charge in [0.2, 0.25) is 5.72 Å². The highest BCUT2D eigenvalue weighted by Gasteiger charge is 2.61. The molecule has 160 valence electrons. The van der Waals surface area contributed by atoms with Gasteiger partial charge in [0, 0.05) is 18.1 Å². The van der Waals surface area contributed by atoms with E-state index in [0.717, 1.165) is 16.8 Å². The Labute approximate surface area is 177 Å². The number of methoxy groups -OCH3 is 1. The number of nitrogens with zero attached hydrogens (tertiary/aromatic N) is 2. The summed E-state index contributed by atoms with van der Waals surface area (Å²) in [6.45, 7) is 3.54. The number of ether oxygens (including phenoxy) is 2. The van der Waals surface area contributed by atoms with Crippen LogP contribution in [0.4, 0.5) is 24.5 Å². The van der Waals surface area contributed by atoms with Gasteiger partial charge in [-0.05, 0) is 55.1 Å². The molecule has 1 unspecified atom stereocenters. The highest BCUT2D eigenvalue weighted by molar-refractivity contribution is 6.00. The molecular weight excluding hydrogens is 405 g/mol. The van der Waals surface area contributed by atoms with E-state index in [4.69, 9.17) is 14.5 Å². The third kappa shape index (κ3) is 2.52. The van der Waals surface area contributed by atoms with E-state index >= 15 is 0 Å². The number of benzene rings is 3. The summed E-state index contributed by atoms with van der Waals surface area (Å²) in [5, 5.41) is 1.83. The van der Waals surface area contributed by atoms with Crippen LogP contribution in [0.1, 0.15) is 25.0 Å². The number of alkyl halides is 3. The van der Waals surface area contributed by atoms with Gasteiger partial charge >= 0.3 is 6.18 Å². The minimum absolute atomic E-state index is 0.211. The van der Waals surface area contributed by atoms with E-state index in [1.54, 1.807) is 45.2 Å². The number of aliphatic imine (C=N–C) groups is 1. The van der Waals surface area contributed by atoms with Gasteiger partial charge in [-0.25, -0.2) is 0 Å². The lowest BCUT2D eigenvalue weighted by Gasteiger charge is -2.45. The lowest BCUT2D eigenvalue weighted by Crippen LogP contribution is -2.61. The summed E-state index contributed by atoms with van der Waals surface area (Å²) in [5.74, 6) is 1.21. The molecule has 2 aliphatic rings. The van der Waals surface area contributed by atoms with Crippen molar-refractivity contribution in [3.63, 3.8) is 0 Å². The first kappa shape index (κ1) is 19.7. The van der Waals surface area contributed by atoms with Crippen LogP contribution in [0.15, 0.2) is 53.5 Å². The second kappa shape index (κ2) is 6.15. The standard InChI is InChI=1S/C24H21F3N2O2/c1-22(2)20-17(24(25,26)27)6-5-7-18(20)29(3)23(22)13-28-21-16-12-15(30-4)10-8-14(16)9-11-19(21)31-23/h5-13H,1-4H3. The SMILES string of the molecule is COc1ccc2ccc3c(c2c1)N=CC1(O3)N(C)c2cccc(C(F)(F)F)c2C1(C)C. The molecule has 0 fully saturated rings. The van der Waals surface area contributed by atoms with Gasteiger partial charge in [0.05, 0.1) is 24.3 Å². The zero-order valence-electron chi connectivity index (χ0n) is 17.5. The van der Waals surface area contributed by atoms with Gasteiger partial charge in [-0.15, -0.1) is 0 Å². The molecule has 0 saturated heterocycles. The molecule has 5 rings (SSSR count). The number of anilines is 1. The van der Waals surface area contributed by atoms with Crippen LogP contribution >= 0.6 is 0 Å². The number of hydrogen-bond acceptors (Lipinski definition) is 4. The zero-order chi connectivity index (χ0) is 22.2. The predicted octanol–water partition coefficient (Wildman–Crippen LogP) is 6.09. The van der Waals surface area contributed by atoms with Crippen molar-refractivity contribution in [2.45, 2.75) is 31.2 Å². The molecule has 31 heavy (non-hydrogen) atoms. The first-order valence-electron chi connectivity index (χ1n) is 9.90. The van der Waals surface area contributed by atoms with Crippen molar-refractivity contribution in [3.8, 4) is 11.5 Å². The minimum Gasteiger partial charge on any atom is -0.497 e. The maximum absolute atomic E-state index is 13.8. The molecule has 2 heterocycles. The fourth-order valence-corrected chi connectivity index (χ4v) is 4.89. The van der Waals surface area contributed by atoms with Crippen LogP contribution in [-0.4, -0.2) is 26.1 Å². The maximum atomic E-state index is 13.8. The lowest BCUT2D eigenvalue weighted by molar-refractivity contribution is -0.138. The summed E-state index contributed by atoms with van der Waals surface area (Å²) in [6, 6.07) is 13.7. The molecule has 1 spiro atoms. The Morgan fingerprint density at radius 3 is 2.52 bits per heavy atom. The summed E-state index contributed by atoms with van der Waals surface area (Å²) in [7, 11) is 3.34. The van der Waals surface area contributed by atoms with E-state index < -0.39 is 22.9 Å². The molecule has 0 radical (unpaired) electrons. The van der Waals surface area contributed by atoms with Crippen LogP contribution in [0.5, 0.6) is 11.5 Å². The molecule has 0 saturated carbocycles. The van der Waals surface area contributed by atoms with Crippen molar-refractivity contribution in [1.29, 1.82) is 0 Å². The smallest absolute Gasteiger partial charge is 0.416 e. The molecule has 4 nitrogen and oxygen atoms in total. The Morgan fingerprint density at radius 2 is 1.81 bits per heavy atom. The number of likely N-dealkylation sites (N-methyl/N-ethyl adjacent to an activating group) is 1. The van der Waals surface area contributed by atoms with Crippen LogP contribution in [0.2, 0.25) is 0 Å². The molecule has 3 aromatic rings. The van der Waals surface area contributed by atoms with E-state index in [9.17, 15) is 13.2 Å². The van der Waals surface area contributed by atoms with Gasteiger partial charge in [-0.1, -0.05) is 18.2 Å². The van der Waals surface area contributed by atoms with Crippen LogP contribution < -0.4 is 14.4 Å². The van der Waals surface area contributed by atoms with E-state index in [2.05, 4.69) is 0 Å². The van der Waals surface area contributed by atoms with Gasteiger partial charge in [-0.2, -0.15) is 13.2 Å². The molecule has 1 atom stereocenters. The molecule has 7 heteroatoms. The Hall–Kier alpha value is -3.22. The predicted molar refractivity (Wildman–Crippen MR) is 115 cm³/mol. The van der Waals surface area contributed by atoms with Gasteiger partial charge in [0.15, 0.2) is 0 Å². The fourth-order valence-electron chi connectivity index (χ4n) is 4.89. The van der Waals surface area contributed by atoms with E-state index in [0.29, 0.717) is 22.9 Å². The van der Waals surface area contributed by atoms with E-state index in [1.165, 1.54) is 6.07 Å². The summed E-state index contributed by atoms with van der Waals surface area (Å²) >= 11 is 0. The summed E-state index contributed by atoms with van der Waals surface area (Å²) in [6.07, 6.45) is -2.83. The van der Waals surface area contributed by atoms with Crippen LogP contribution in [0.3, 0.4) is 0 Å². The van der Waals surface area contributed by atoms with E-state index in [1.807, 2.05) is 30.3 Å². The number of hydrogen-bond donors (Lipinski definition) is 0. The largest absolute Gasteiger partial charge is 0.497 e. The topological polar surface area (TPSA) is 34.1 Å². The lowest BCUT2D eigenvalue weighted by atomic mass is 9.75. The average Bonchev–Trinajstić information content (AvgIpc) is 2.90. The van der Waals surface area contributed by atoms with Crippen molar-refractivity contribution in [2.75, 3.05) is 19.1 Å². The van der Waals surface area contributed by atoms with Crippen LogP contribution in [-0.2, 0) is 11.6 Å². The Morgan fingerprint density at radius 1 is 1.06 bits per heavy atom. The number of halogens is 3. The van der Waals surface area contributed by atoms with Crippen molar-refractivity contribution < 1.29 is 22.6 Å². The second-order valence-electron chi connectivity index (χ2n) is 8.44. The summed E-state index contributed by atoms with van der Waals surface area (Å²) < 4.78 is 53.4. The van der Waals surface area contributed by atoms with E-state index in [-0.39, 0.29) is 5.56 Å². The minimum atomic E-state index is -4.47. The summed E-state index contributed by atoms with van der Waals surface area (Å²) in [4.78, 5) is 6.47. The number of rotatable bonds is 1. The fraction of sp³-hybridized carbons (Fsp3) is 0.292. The van der Waals surface area contributed by atoms with Gasteiger partial charge in [0.1, 0.15) is 17.2 Å². The number of fused-ring (bicyclic) bond motifs is 4. The molecule has 3 aromatic carbocycles. The molecule has 0 bridgehead atoms. The third-order valence-corrected chi connectivity index (χ3v) is 6.53. The van der Waals surface area contributed by atoms with Gasteiger partial charge in [-0.3, -0.25) is 4.99 Å². The van der Waals surface area contributed by atoms with Crippen molar-refractivity contribution >= 4 is 28.4 Å². The van der Waals surface area contributed by atoms with Crippen molar-refractivity contribution in [2.24, 2.45) is 4.99 Å². The van der Waals surface area contributed by atoms with Gasteiger partial charge < -0.3 is 14.4 Å². The molecule has 0 aliphatic carbocycles. The monoisotopic (exact) mass is 426 g/mol. The Kier molecular flexibility index (Phi) is 3.92. The highest BCUT2D eigenvalue weighted by Crippen LogP contribution is 2.57. The quantitative estimate of drug-likeness (QED) is 0.473. The zero-order valence-corrected chi connectivity index (χ0v) is 17.5. The first-order valence-corrected chi connectivity index (χ1v) is 9.90. The normalized spacial score (nSPS) is 21.2. The van der Waals surface area contributed by atoms with Crippen molar-refractivity contribution in [1.82, 2.24) is 0 Å². The first-order chi connectivity index (χ1) is 14.6. The highest BCUT2D eigenvalue weighted by atomic mass is 19.4. The Balaban J connectivity index is 1.70. The average molecular weight is 426 g/mol. The molecule has 2 aliphatic heterocycles. The third-order valence-electron chi connectivity index (χ3n) is 6.53. The Bertz CT molecular complexity index is 1250. The maximum Gasteiger partial charge on any atom is 0.416 e. The molecule has 0 N–H and O–H groups in total. The molecular formula is C24H21F3N2O2. The molecule has 0 aromatic heterocycles. The van der Waals surface area contributed by atoms with Gasteiger partial charge in [0.25, 0.3) is 0 Å². The van der Waals surface area contributed by atoms with Crippen LogP contribution in [0, 0.1) is 0 Å². The van der Waals surface area contributed by atoms with Crippen LogP contribution in [0.25, 0.3) is 10.8 Å². The van der Waals surface area contributed by atoms with Crippen molar-refractivity contribution in [3.05, 3.63) is 59.7 Å². The molecule has 0 amide bonds. The second-order valence-corrected chi connectivity index (χ2v) is 8.44. The summed E-state index contributed by atoms with van der Waals surface area (Å²) in [5.41, 5.74) is -1.54.